The smallest absolute Gasteiger partial charge is 0.268 e. The summed E-state index contributed by atoms with van der Waals surface area (Å²) in [7, 11) is 0. The standard InChI is InChI=1S/C15H16N4O2/c1-8-5-4-6-11-7-12(18-13(8)11)14(20)16-9(2)15-17-10(3)19-21-15/h4-7,9,18H,1-3H3,(H,16,20). The van der Waals surface area contributed by atoms with Crippen molar-refractivity contribution in [2.24, 2.45) is 0 Å². The van der Waals surface area contributed by atoms with Gasteiger partial charge in [0, 0.05) is 10.9 Å². The van der Waals surface area contributed by atoms with Crippen molar-refractivity contribution in [1.82, 2.24) is 20.4 Å². The number of H-pyrrole nitrogens is 1. The third-order valence-electron chi connectivity index (χ3n) is 3.37. The third-order valence-corrected chi connectivity index (χ3v) is 3.37. The number of hydrogen-bond donors (Lipinski definition) is 2. The van der Waals surface area contributed by atoms with E-state index >= 15 is 0 Å². The summed E-state index contributed by atoms with van der Waals surface area (Å²) in [6.07, 6.45) is 0. The predicted molar refractivity (Wildman–Crippen MR) is 78.0 cm³/mol. The van der Waals surface area contributed by atoms with Crippen molar-refractivity contribution in [2.45, 2.75) is 26.8 Å². The average Bonchev–Trinajstić information content (AvgIpc) is 3.05. The van der Waals surface area contributed by atoms with Gasteiger partial charge in [-0.3, -0.25) is 4.79 Å². The molecule has 3 aromatic rings. The number of hydrogen-bond acceptors (Lipinski definition) is 4. The summed E-state index contributed by atoms with van der Waals surface area (Å²) < 4.78 is 5.05. The molecule has 6 nitrogen and oxygen atoms in total. The molecule has 6 heteroatoms. The van der Waals surface area contributed by atoms with E-state index in [4.69, 9.17) is 4.52 Å². The second-order valence-electron chi connectivity index (χ2n) is 5.10. The number of fused-ring (bicyclic) bond motifs is 1. The molecule has 2 N–H and O–H groups in total. The van der Waals surface area contributed by atoms with E-state index in [9.17, 15) is 4.79 Å². The van der Waals surface area contributed by atoms with Gasteiger partial charge in [0.1, 0.15) is 11.7 Å². The van der Waals surface area contributed by atoms with Gasteiger partial charge in [0.05, 0.1) is 0 Å². The zero-order chi connectivity index (χ0) is 15.0. The van der Waals surface area contributed by atoms with Crippen LogP contribution in [0.3, 0.4) is 0 Å². The van der Waals surface area contributed by atoms with E-state index in [2.05, 4.69) is 20.4 Å². The normalized spacial score (nSPS) is 12.5. The van der Waals surface area contributed by atoms with Crippen molar-refractivity contribution < 1.29 is 9.32 Å². The number of rotatable bonds is 3. The van der Waals surface area contributed by atoms with Crippen LogP contribution in [0.2, 0.25) is 0 Å². The average molecular weight is 284 g/mol. The molecule has 0 aliphatic rings. The first-order valence-electron chi connectivity index (χ1n) is 6.74. The highest BCUT2D eigenvalue weighted by atomic mass is 16.5. The van der Waals surface area contributed by atoms with Gasteiger partial charge < -0.3 is 14.8 Å². The maximum absolute atomic E-state index is 12.3. The van der Waals surface area contributed by atoms with Crippen molar-refractivity contribution in [3.05, 3.63) is 47.2 Å². The van der Waals surface area contributed by atoms with Crippen LogP contribution in [0.4, 0.5) is 0 Å². The van der Waals surface area contributed by atoms with Gasteiger partial charge in [-0.2, -0.15) is 4.98 Å². The lowest BCUT2D eigenvalue weighted by molar-refractivity contribution is 0.0928. The van der Waals surface area contributed by atoms with Gasteiger partial charge in [-0.05, 0) is 32.4 Å². The van der Waals surface area contributed by atoms with Gasteiger partial charge in [-0.25, -0.2) is 0 Å². The molecule has 0 fully saturated rings. The number of carbonyl (C=O) groups excluding carboxylic acids is 1. The first-order valence-corrected chi connectivity index (χ1v) is 6.74. The Morgan fingerprint density at radius 1 is 1.38 bits per heavy atom. The number of aryl methyl sites for hydroxylation is 2. The Balaban J connectivity index is 1.82. The SMILES string of the molecule is Cc1noc(C(C)NC(=O)c2cc3cccc(C)c3[nH]2)n1. The first kappa shape index (κ1) is 13.4. The Morgan fingerprint density at radius 3 is 2.86 bits per heavy atom. The lowest BCUT2D eigenvalue weighted by Gasteiger charge is -2.08. The molecule has 21 heavy (non-hydrogen) atoms. The molecule has 2 aromatic heterocycles. The summed E-state index contributed by atoms with van der Waals surface area (Å²) in [5, 5.41) is 7.57. The quantitative estimate of drug-likeness (QED) is 0.774. The highest BCUT2D eigenvalue weighted by molar-refractivity contribution is 5.98. The molecule has 0 aliphatic carbocycles. The van der Waals surface area contributed by atoms with Gasteiger partial charge in [0.2, 0.25) is 5.89 Å². The zero-order valence-electron chi connectivity index (χ0n) is 12.1. The summed E-state index contributed by atoms with van der Waals surface area (Å²) in [5.41, 5.74) is 2.60. The van der Waals surface area contributed by atoms with E-state index in [0.29, 0.717) is 17.4 Å². The van der Waals surface area contributed by atoms with E-state index < -0.39 is 0 Å². The van der Waals surface area contributed by atoms with Gasteiger partial charge in [-0.1, -0.05) is 23.4 Å². The van der Waals surface area contributed by atoms with Crippen molar-refractivity contribution in [3.8, 4) is 0 Å². The van der Waals surface area contributed by atoms with Crippen LogP contribution in [0.5, 0.6) is 0 Å². The second kappa shape index (κ2) is 5.05. The molecule has 1 amide bonds. The number of aromatic amines is 1. The van der Waals surface area contributed by atoms with Crippen LogP contribution in [0.1, 0.15) is 40.7 Å². The predicted octanol–water partition coefficient (Wildman–Crippen LogP) is 2.66. The number of amides is 1. The molecule has 0 aliphatic heterocycles. The summed E-state index contributed by atoms with van der Waals surface area (Å²) in [6.45, 7) is 5.55. The number of benzene rings is 1. The van der Waals surface area contributed by atoms with Crippen LogP contribution in [-0.2, 0) is 0 Å². The van der Waals surface area contributed by atoms with E-state index in [1.54, 1.807) is 13.8 Å². The minimum absolute atomic E-state index is 0.200. The molecule has 108 valence electrons. The maximum atomic E-state index is 12.3. The van der Waals surface area contributed by atoms with Crippen LogP contribution in [-0.4, -0.2) is 21.0 Å². The molecule has 1 aromatic carbocycles. The van der Waals surface area contributed by atoms with E-state index in [1.165, 1.54) is 0 Å². The van der Waals surface area contributed by atoms with Crippen molar-refractivity contribution in [3.63, 3.8) is 0 Å². The Labute approximate surface area is 121 Å². The molecular weight excluding hydrogens is 268 g/mol. The summed E-state index contributed by atoms with van der Waals surface area (Å²) >= 11 is 0. The van der Waals surface area contributed by atoms with Crippen LogP contribution in [0.25, 0.3) is 10.9 Å². The lowest BCUT2D eigenvalue weighted by atomic mass is 10.2. The summed E-state index contributed by atoms with van der Waals surface area (Å²) in [6, 6.07) is 7.44. The van der Waals surface area contributed by atoms with Crippen LogP contribution >= 0.6 is 0 Å². The maximum Gasteiger partial charge on any atom is 0.268 e. The van der Waals surface area contributed by atoms with E-state index in [1.807, 2.05) is 31.2 Å². The zero-order valence-corrected chi connectivity index (χ0v) is 12.1. The van der Waals surface area contributed by atoms with Crippen LogP contribution < -0.4 is 5.32 Å². The van der Waals surface area contributed by atoms with E-state index in [0.717, 1.165) is 16.5 Å². The minimum Gasteiger partial charge on any atom is -0.350 e. The Kier molecular flexibility index (Phi) is 3.21. The molecule has 0 bridgehead atoms. The topological polar surface area (TPSA) is 83.8 Å². The molecule has 1 atom stereocenters. The fourth-order valence-electron chi connectivity index (χ4n) is 2.26. The largest absolute Gasteiger partial charge is 0.350 e. The number of carbonyl (C=O) groups is 1. The Hall–Kier alpha value is -2.63. The molecule has 0 saturated carbocycles. The number of para-hydroxylation sites is 1. The summed E-state index contributed by atoms with van der Waals surface area (Å²) in [5.74, 6) is 0.745. The third kappa shape index (κ3) is 2.52. The molecule has 0 radical (unpaired) electrons. The Bertz CT molecular complexity index is 803. The highest BCUT2D eigenvalue weighted by Gasteiger charge is 2.18. The molecule has 3 rings (SSSR count). The Morgan fingerprint density at radius 2 is 2.19 bits per heavy atom. The van der Waals surface area contributed by atoms with Crippen LogP contribution in [0, 0.1) is 13.8 Å². The minimum atomic E-state index is -0.341. The van der Waals surface area contributed by atoms with Gasteiger partial charge in [-0.15, -0.1) is 0 Å². The summed E-state index contributed by atoms with van der Waals surface area (Å²) in [4.78, 5) is 19.5. The molecule has 0 saturated heterocycles. The molecule has 1 unspecified atom stereocenters. The fraction of sp³-hybridized carbons (Fsp3) is 0.267. The first-order chi connectivity index (χ1) is 10.0. The fourth-order valence-corrected chi connectivity index (χ4v) is 2.26. The van der Waals surface area contributed by atoms with Crippen molar-refractivity contribution >= 4 is 16.8 Å². The van der Waals surface area contributed by atoms with Gasteiger partial charge in [0.25, 0.3) is 5.91 Å². The number of nitrogens with one attached hydrogen (secondary N) is 2. The highest BCUT2D eigenvalue weighted by Crippen LogP contribution is 2.19. The van der Waals surface area contributed by atoms with E-state index in [-0.39, 0.29) is 11.9 Å². The van der Waals surface area contributed by atoms with Crippen molar-refractivity contribution in [1.29, 1.82) is 0 Å². The monoisotopic (exact) mass is 284 g/mol. The molecular formula is C15H16N4O2. The second-order valence-corrected chi connectivity index (χ2v) is 5.10. The van der Waals surface area contributed by atoms with Gasteiger partial charge >= 0.3 is 0 Å². The number of aromatic nitrogens is 3. The van der Waals surface area contributed by atoms with Gasteiger partial charge in [0.15, 0.2) is 5.82 Å². The number of nitrogens with zero attached hydrogens (tertiary/aromatic N) is 2. The lowest BCUT2D eigenvalue weighted by Crippen LogP contribution is -2.27. The van der Waals surface area contributed by atoms with Crippen LogP contribution in [0.15, 0.2) is 28.8 Å². The van der Waals surface area contributed by atoms with Crippen molar-refractivity contribution in [2.75, 3.05) is 0 Å². The molecule has 2 heterocycles. The molecule has 0 spiro atoms.